The Labute approximate surface area is 139 Å². The van der Waals surface area contributed by atoms with Gasteiger partial charge in [0.25, 0.3) is 0 Å². The highest BCUT2D eigenvalue weighted by atomic mass is 32.1. The number of fused-ring (bicyclic) bond motifs is 1. The van der Waals surface area contributed by atoms with Crippen molar-refractivity contribution in [3.05, 3.63) is 45.6 Å². The molecule has 0 spiro atoms. The molecule has 122 valence electrons. The summed E-state index contributed by atoms with van der Waals surface area (Å²) in [6.45, 7) is 4.52. The van der Waals surface area contributed by atoms with Crippen molar-refractivity contribution in [1.29, 1.82) is 0 Å². The summed E-state index contributed by atoms with van der Waals surface area (Å²) < 4.78 is 13.5. The van der Waals surface area contributed by atoms with Gasteiger partial charge in [0, 0.05) is 16.3 Å². The molecule has 0 amide bonds. The molecule has 3 rings (SSSR count). The average Bonchev–Trinajstić information content (AvgIpc) is 2.84. The van der Waals surface area contributed by atoms with Crippen LogP contribution in [0.15, 0.2) is 18.2 Å². The number of halogens is 1. The average molecular weight is 333 g/mol. The van der Waals surface area contributed by atoms with Crippen molar-refractivity contribution >= 4 is 17.3 Å². The first-order valence-corrected chi connectivity index (χ1v) is 8.51. The monoisotopic (exact) mass is 333 g/mol. The molecule has 1 aromatic carbocycles. The summed E-state index contributed by atoms with van der Waals surface area (Å²) in [5.41, 5.74) is 8.55. The molecule has 0 fully saturated rings. The van der Waals surface area contributed by atoms with Crippen molar-refractivity contribution in [3.63, 3.8) is 0 Å². The van der Waals surface area contributed by atoms with E-state index in [2.05, 4.69) is 13.8 Å². The normalized spacial score (nSPS) is 16.2. The Morgan fingerprint density at radius 3 is 2.83 bits per heavy atom. The van der Waals surface area contributed by atoms with E-state index < -0.39 is 5.97 Å². The van der Waals surface area contributed by atoms with Gasteiger partial charge >= 0.3 is 5.97 Å². The van der Waals surface area contributed by atoms with Crippen LogP contribution in [0.4, 0.5) is 4.39 Å². The fourth-order valence-electron chi connectivity index (χ4n) is 3.29. The first-order chi connectivity index (χ1) is 10.8. The standard InChI is InChI=1S/C18H20FNO2S/c1-18(2)6-5-14-13(8-18)15(17(21)22)16(23-14)12-4-3-11(19)7-10(12)9-20/h3-4,7H,5-6,8-9,20H2,1-2H3,(H,21,22). The van der Waals surface area contributed by atoms with Gasteiger partial charge in [-0.3, -0.25) is 0 Å². The van der Waals surface area contributed by atoms with Gasteiger partial charge in [-0.05, 0) is 53.5 Å². The maximum absolute atomic E-state index is 13.5. The van der Waals surface area contributed by atoms with E-state index in [0.717, 1.165) is 35.3 Å². The summed E-state index contributed by atoms with van der Waals surface area (Å²) in [5.74, 6) is -1.27. The molecule has 3 nitrogen and oxygen atoms in total. The number of nitrogens with two attached hydrogens (primary N) is 1. The molecule has 1 heterocycles. The summed E-state index contributed by atoms with van der Waals surface area (Å²) in [7, 11) is 0. The summed E-state index contributed by atoms with van der Waals surface area (Å²) in [4.78, 5) is 13.8. The Morgan fingerprint density at radius 2 is 2.17 bits per heavy atom. The predicted octanol–water partition coefficient (Wildman–Crippen LogP) is 4.23. The second-order valence-corrected chi connectivity index (χ2v) is 7.96. The third-order valence-corrected chi connectivity index (χ3v) is 5.85. The van der Waals surface area contributed by atoms with Crippen LogP contribution < -0.4 is 5.73 Å². The SMILES string of the molecule is CC1(C)CCc2sc(-c3ccc(F)cc3CN)c(C(=O)O)c2C1. The summed E-state index contributed by atoms with van der Waals surface area (Å²) >= 11 is 1.52. The minimum Gasteiger partial charge on any atom is -0.478 e. The predicted molar refractivity (Wildman–Crippen MR) is 90.4 cm³/mol. The highest BCUT2D eigenvalue weighted by Crippen LogP contribution is 2.45. The largest absolute Gasteiger partial charge is 0.478 e. The summed E-state index contributed by atoms with van der Waals surface area (Å²) in [6, 6.07) is 4.40. The van der Waals surface area contributed by atoms with Gasteiger partial charge in [0.2, 0.25) is 0 Å². The molecule has 1 aliphatic carbocycles. The molecule has 0 saturated carbocycles. The van der Waals surface area contributed by atoms with Gasteiger partial charge in [-0.15, -0.1) is 11.3 Å². The van der Waals surface area contributed by atoms with Crippen molar-refractivity contribution in [1.82, 2.24) is 0 Å². The van der Waals surface area contributed by atoms with Crippen LogP contribution >= 0.6 is 11.3 Å². The molecular formula is C18H20FNO2S. The molecular weight excluding hydrogens is 313 g/mol. The van der Waals surface area contributed by atoms with E-state index in [0.29, 0.717) is 16.0 Å². The lowest BCUT2D eigenvalue weighted by molar-refractivity contribution is 0.0696. The van der Waals surface area contributed by atoms with Gasteiger partial charge in [-0.2, -0.15) is 0 Å². The molecule has 0 atom stereocenters. The number of hydrogen-bond acceptors (Lipinski definition) is 3. The molecule has 0 bridgehead atoms. The number of benzene rings is 1. The van der Waals surface area contributed by atoms with E-state index in [1.54, 1.807) is 6.07 Å². The highest BCUT2D eigenvalue weighted by molar-refractivity contribution is 7.16. The number of hydrogen-bond donors (Lipinski definition) is 2. The van der Waals surface area contributed by atoms with Crippen LogP contribution in [0.5, 0.6) is 0 Å². The third kappa shape index (κ3) is 2.91. The maximum atomic E-state index is 13.5. The number of aryl methyl sites for hydroxylation is 1. The Hall–Kier alpha value is -1.72. The van der Waals surface area contributed by atoms with Crippen molar-refractivity contribution in [3.8, 4) is 10.4 Å². The van der Waals surface area contributed by atoms with Crippen LogP contribution in [0, 0.1) is 11.2 Å². The minimum absolute atomic E-state index is 0.106. The summed E-state index contributed by atoms with van der Waals surface area (Å²) in [5, 5.41) is 9.76. The minimum atomic E-state index is -0.914. The molecule has 0 unspecified atom stereocenters. The van der Waals surface area contributed by atoms with Crippen LogP contribution in [-0.2, 0) is 19.4 Å². The second kappa shape index (κ2) is 5.73. The first kappa shape index (κ1) is 16.1. The smallest absolute Gasteiger partial charge is 0.337 e. The second-order valence-electron chi connectivity index (χ2n) is 6.86. The lowest BCUT2D eigenvalue weighted by Gasteiger charge is -2.29. The Kier molecular flexibility index (Phi) is 4.02. The molecule has 1 aliphatic rings. The highest BCUT2D eigenvalue weighted by Gasteiger charge is 2.33. The number of carboxylic acids is 1. The number of thiophene rings is 1. The molecule has 2 aromatic rings. The molecule has 0 radical (unpaired) electrons. The van der Waals surface area contributed by atoms with Crippen LogP contribution in [-0.4, -0.2) is 11.1 Å². The van der Waals surface area contributed by atoms with Gasteiger partial charge in [0.15, 0.2) is 0 Å². The molecule has 3 N–H and O–H groups in total. The number of carbonyl (C=O) groups is 1. The van der Waals surface area contributed by atoms with E-state index in [1.165, 1.54) is 23.5 Å². The van der Waals surface area contributed by atoms with Crippen molar-refractivity contribution in [2.75, 3.05) is 0 Å². The first-order valence-electron chi connectivity index (χ1n) is 7.69. The van der Waals surface area contributed by atoms with Crippen LogP contribution in [0.2, 0.25) is 0 Å². The Balaban J connectivity index is 2.22. The Morgan fingerprint density at radius 1 is 1.43 bits per heavy atom. The van der Waals surface area contributed by atoms with Crippen LogP contribution in [0.1, 0.15) is 46.6 Å². The fraction of sp³-hybridized carbons (Fsp3) is 0.389. The third-order valence-electron chi connectivity index (χ3n) is 4.52. The van der Waals surface area contributed by atoms with E-state index in [-0.39, 0.29) is 17.8 Å². The number of aromatic carboxylic acids is 1. The topological polar surface area (TPSA) is 63.3 Å². The number of rotatable bonds is 3. The van der Waals surface area contributed by atoms with Crippen molar-refractivity contribution in [2.45, 2.75) is 39.7 Å². The van der Waals surface area contributed by atoms with Crippen molar-refractivity contribution in [2.24, 2.45) is 11.1 Å². The molecule has 1 aromatic heterocycles. The lowest BCUT2D eigenvalue weighted by atomic mass is 9.76. The zero-order valence-electron chi connectivity index (χ0n) is 13.3. The Bertz CT molecular complexity index is 780. The molecule has 0 aliphatic heterocycles. The number of carboxylic acid groups (broad SMARTS) is 1. The van der Waals surface area contributed by atoms with E-state index in [4.69, 9.17) is 5.73 Å². The molecule has 5 heteroatoms. The van der Waals surface area contributed by atoms with Gasteiger partial charge in [-0.25, -0.2) is 9.18 Å². The maximum Gasteiger partial charge on any atom is 0.337 e. The van der Waals surface area contributed by atoms with Crippen LogP contribution in [0.3, 0.4) is 0 Å². The zero-order chi connectivity index (χ0) is 16.8. The van der Waals surface area contributed by atoms with E-state index in [1.807, 2.05) is 0 Å². The zero-order valence-corrected chi connectivity index (χ0v) is 14.1. The summed E-state index contributed by atoms with van der Waals surface area (Å²) in [6.07, 6.45) is 2.71. The fourth-order valence-corrected chi connectivity index (χ4v) is 4.66. The van der Waals surface area contributed by atoms with Crippen molar-refractivity contribution < 1.29 is 14.3 Å². The van der Waals surface area contributed by atoms with Gasteiger partial charge in [0.1, 0.15) is 5.82 Å². The molecule has 23 heavy (non-hydrogen) atoms. The van der Waals surface area contributed by atoms with E-state index in [9.17, 15) is 14.3 Å². The molecule has 0 saturated heterocycles. The van der Waals surface area contributed by atoms with Gasteiger partial charge < -0.3 is 10.8 Å². The van der Waals surface area contributed by atoms with E-state index >= 15 is 0 Å². The van der Waals surface area contributed by atoms with Gasteiger partial charge in [0.05, 0.1) is 5.56 Å². The quantitative estimate of drug-likeness (QED) is 0.883. The van der Waals surface area contributed by atoms with Gasteiger partial charge in [-0.1, -0.05) is 19.9 Å². The van der Waals surface area contributed by atoms with Crippen LogP contribution in [0.25, 0.3) is 10.4 Å². The lowest BCUT2D eigenvalue weighted by Crippen LogP contribution is -2.22.